The molecule has 0 radical (unpaired) electrons. The highest BCUT2D eigenvalue weighted by Crippen LogP contribution is 2.14. The van der Waals surface area contributed by atoms with E-state index in [0.29, 0.717) is 17.5 Å². The van der Waals surface area contributed by atoms with Gasteiger partial charge in [0.05, 0.1) is 5.01 Å². The Bertz CT molecular complexity index is 385. The van der Waals surface area contributed by atoms with Gasteiger partial charge in [0.15, 0.2) is 0 Å². The molecule has 1 saturated heterocycles. The second kappa shape index (κ2) is 5.60. The molecule has 1 aliphatic heterocycles. The van der Waals surface area contributed by atoms with Crippen molar-refractivity contribution in [1.82, 2.24) is 15.6 Å². The molecule has 94 valence electrons. The average molecular weight is 253 g/mol. The summed E-state index contributed by atoms with van der Waals surface area (Å²) in [7, 11) is 0. The molecule has 0 saturated carbocycles. The summed E-state index contributed by atoms with van der Waals surface area (Å²) in [5.41, 5.74) is 0.568. The van der Waals surface area contributed by atoms with Gasteiger partial charge < -0.3 is 10.6 Å². The Morgan fingerprint density at radius 1 is 1.65 bits per heavy atom. The Morgan fingerprint density at radius 2 is 2.41 bits per heavy atom. The minimum absolute atomic E-state index is 0.0387. The number of nitrogens with zero attached hydrogens (tertiary/aromatic N) is 1. The lowest BCUT2D eigenvalue weighted by atomic mass is 10.0. The fourth-order valence-electron chi connectivity index (χ4n) is 1.68. The normalized spacial score (nSPS) is 15.9. The van der Waals surface area contributed by atoms with E-state index in [1.54, 1.807) is 11.3 Å². The largest absolute Gasteiger partial charge is 0.350 e. The number of aromatic nitrogens is 1. The molecule has 0 aliphatic carbocycles. The lowest BCUT2D eigenvalue weighted by Gasteiger charge is -2.26. The smallest absolute Gasteiger partial charge is 0.270 e. The van der Waals surface area contributed by atoms with E-state index in [1.807, 2.05) is 5.38 Å². The summed E-state index contributed by atoms with van der Waals surface area (Å²) in [4.78, 5) is 16.2. The van der Waals surface area contributed by atoms with Crippen molar-refractivity contribution in [3.05, 3.63) is 16.1 Å². The maximum absolute atomic E-state index is 11.8. The average Bonchev–Trinajstić information content (AvgIpc) is 2.62. The summed E-state index contributed by atoms with van der Waals surface area (Å²) in [6.07, 6.45) is 0.949. The molecule has 4 nitrogen and oxygen atoms in total. The molecule has 0 atom stereocenters. The van der Waals surface area contributed by atoms with Gasteiger partial charge in [-0.25, -0.2) is 4.98 Å². The van der Waals surface area contributed by atoms with Gasteiger partial charge in [-0.15, -0.1) is 11.3 Å². The van der Waals surface area contributed by atoms with Crippen molar-refractivity contribution in [2.45, 2.75) is 20.3 Å². The zero-order valence-corrected chi connectivity index (χ0v) is 11.1. The van der Waals surface area contributed by atoms with Gasteiger partial charge in [0, 0.05) is 37.4 Å². The molecule has 5 heteroatoms. The van der Waals surface area contributed by atoms with Crippen LogP contribution in [0.15, 0.2) is 5.38 Å². The van der Waals surface area contributed by atoms with E-state index >= 15 is 0 Å². The number of hydrogen-bond acceptors (Lipinski definition) is 4. The summed E-state index contributed by atoms with van der Waals surface area (Å²) < 4.78 is 0. The van der Waals surface area contributed by atoms with Gasteiger partial charge >= 0.3 is 0 Å². The standard InChI is InChI=1S/C12H19N3OS/c1-8(2)3-11-15-10(7-17-11)12(16)14-6-9-4-13-5-9/h7-9,13H,3-6H2,1-2H3,(H,14,16). The zero-order chi connectivity index (χ0) is 12.3. The van der Waals surface area contributed by atoms with E-state index in [2.05, 4.69) is 29.5 Å². The van der Waals surface area contributed by atoms with Crippen LogP contribution in [-0.4, -0.2) is 30.5 Å². The van der Waals surface area contributed by atoms with Crippen molar-refractivity contribution < 1.29 is 4.79 Å². The van der Waals surface area contributed by atoms with Crippen LogP contribution < -0.4 is 10.6 Å². The van der Waals surface area contributed by atoms with Gasteiger partial charge in [0.1, 0.15) is 5.69 Å². The van der Waals surface area contributed by atoms with Crippen molar-refractivity contribution in [2.24, 2.45) is 11.8 Å². The molecule has 2 heterocycles. The van der Waals surface area contributed by atoms with Gasteiger partial charge in [0.25, 0.3) is 5.91 Å². The SMILES string of the molecule is CC(C)Cc1nc(C(=O)NCC2CNC2)cs1. The molecule has 1 amide bonds. The molecule has 0 bridgehead atoms. The van der Waals surface area contributed by atoms with E-state index in [9.17, 15) is 4.79 Å². The molecule has 17 heavy (non-hydrogen) atoms. The highest BCUT2D eigenvalue weighted by molar-refractivity contribution is 7.09. The second-order valence-corrected chi connectivity index (χ2v) is 5.90. The van der Waals surface area contributed by atoms with Crippen LogP contribution in [0.1, 0.15) is 29.3 Å². The maximum Gasteiger partial charge on any atom is 0.270 e. The van der Waals surface area contributed by atoms with Crippen LogP contribution in [-0.2, 0) is 6.42 Å². The molecule has 2 rings (SSSR count). The van der Waals surface area contributed by atoms with E-state index in [1.165, 1.54) is 0 Å². The molecule has 0 spiro atoms. The fraction of sp³-hybridized carbons (Fsp3) is 0.667. The first-order valence-corrected chi connectivity index (χ1v) is 6.96. The van der Waals surface area contributed by atoms with E-state index < -0.39 is 0 Å². The van der Waals surface area contributed by atoms with Gasteiger partial charge in [-0.3, -0.25) is 4.79 Å². The first-order valence-electron chi connectivity index (χ1n) is 6.08. The highest BCUT2D eigenvalue weighted by atomic mass is 32.1. The third-order valence-electron chi connectivity index (χ3n) is 2.78. The van der Waals surface area contributed by atoms with Crippen LogP contribution in [0.3, 0.4) is 0 Å². The summed E-state index contributed by atoms with van der Waals surface area (Å²) >= 11 is 1.58. The van der Waals surface area contributed by atoms with E-state index in [-0.39, 0.29) is 5.91 Å². The van der Waals surface area contributed by atoms with Crippen LogP contribution in [0.4, 0.5) is 0 Å². The fourth-order valence-corrected chi connectivity index (χ4v) is 2.67. The second-order valence-electron chi connectivity index (χ2n) is 4.96. The van der Waals surface area contributed by atoms with Crippen molar-refractivity contribution in [3.63, 3.8) is 0 Å². The summed E-state index contributed by atoms with van der Waals surface area (Å²) in [5, 5.41) is 9.02. The van der Waals surface area contributed by atoms with Gasteiger partial charge in [-0.1, -0.05) is 13.8 Å². The van der Waals surface area contributed by atoms with Crippen molar-refractivity contribution >= 4 is 17.2 Å². The predicted octanol–water partition coefficient (Wildman–Crippen LogP) is 1.29. The maximum atomic E-state index is 11.8. The van der Waals surface area contributed by atoms with Crippen LogP contribution in [0.25, 0.3) is 0 Å². The van der Waals surface area contributed by atoms with Crippen LogP contribution in [0, 0.1) is 11.8 Å². The lowest BCUT2D eigenvalue weighted by Crippen LogP contribution is -2.48. The van der Waals surface area contributed by atoms with Crippen LogP contribution >= 0.6 is 11.3 Å². The lowest BCUT2D eigenvalue weighted by molar-refractivity contribution is 0.0937. The molecule has 1 fully saturated rings. The minimum atomic E-state index is -0.0387. The predicted molar refractivity (Wildman–Crippen MR) is 69.3 cm³/mol. The Kier molecular flexibility index (Phi) is 4.12. The van der Waals surface area contributed by atoms with Gasteiger partial charge in [0.2, 0.25) is 0 Å². The quantitative estimate of drug-likeness (QED) is 0.831. The number of nitrogens with one attached hydrogen (secondary N) is 2. The first-order chi connectivity index (χ1) is 8.15. The molecule has 0 aromatic carbocycles. The minimum Gasteiger partial charge on any atom is -0.350 e. The molecule has 1 aliphatic rings. The summed E-state index contributed by atoms with van der Waals surface area (Å²) in [6.45, 7) is 7.09. The molecule has 1 aromatic rings. The molecule has 0 unspecified atom stereocenters. The van der Waals surface area contributed by atoms with Crippen molar-refractivity contribution in [3.8, 4) is 0 Å². The summed E-state index contributed by atoms with van der Waals surface area (Å²) in [5.74, 6) is 1.13. The molecule has 2 N–H and O–H groups in total. The van der Waals surface area contributed by atoms with Crippen molar-refractivity contribution in [1.29, 1.82) is 0 Å². The Morgan fingerprint density at radius 3 is 3.00 bits per heavy atom. The molecular weight excluding hydrogens is 234 g/mol. The van der Waals surface area contributed by atoms with E-state index in [4.69, 9.17) is 0 Å². The topological polar surface area (TPSA) is 54.0 Å². The zero-order valence-electron chi connectivity index (χ0n) is 10.3. The Hall–Kier alpha value is -0.940. The van der Waals surface area contributed by atoms with Crippen LogP contribution in [0.5, 0.6) is 0 Å². The highest BCUT2D eigenvalue weighted by Gasteiger charge is 2.18. The van der Waals surface area contributed by atoms with Crippen molar-refractivity contribution in [2.75, 3.05) is 19.6 Å². The number of carbonyl (C=O) groups is 1. The van der Waals surface area contributed by atoms with Gasteiger partial charge in [-0.2, -0.15) is 0 Å². The number of thiazole rings is 1. The third-order valence-corrected chi connectivity index (χ3v) is 3.66. The summed E-state index contributed by atoms with van der Waals surface area (Å²) in [6, 6.07) is 0. The molecule has 1 aromatic heterocycles. The monoisotopic (exact) mass is 253 g/mol. The number of amides is 1. The third kappa shape index (κ3) is 3.51. The van der Waals surface area contributed by atoms with Gasteiger partial charge in [-0.05, 0) is 5.92 Å². The number of hydrogen-bond donors (Lipinski definition) is 2. The number of rotatable bonds is 5. The number of carbonyl (C=O) groups excluding carboxylic acids is 1. The van der Waals surface area contributed by atoms with Crippen LogP contribution in [0.2, 0.25) is 0 Å². The Labute approximate surface area is 106 Å². The molecular formula is C12H19N3OS. The van der Waals surface area contributed by atoms with E-state index in [0.717, 1.165) is 31.1 Å². The Balaban J connectivity index is 1.83. The first kappa shape index (κ1) is 12.5.